The van der Waals surface area contributed by atoms with Gasteiger partial charge in [-0.3, -0.25) is 0 Å². The summed E-state index contributed by atoms with van der Waals surface area (Å²) >= 11 is 0.696. The Morgan fingerprint density at radius 1 is 0.909 bits per heavy atom. The van der Waals surface area contributed by atoms with Gasteiger partial charge >= 0.3 is 5.97 Å². The first-order chi connectivity index (χ1) is 10.4. The molecule has 2 aromatic carbocycles. The maximum atomic E-state index is 14.0. The highest BCUT2D eigenvalue weighted by Gasteiger charge is 2.25. The van der Waals surface area contributed by atoms with E-state index in [1.807, 2.05) is 0 Å². The second-order valence-electron chi connectivity index (χ2n) is 4.50. The molecular weight excluding hydrogens is 320 g/mol. The van der Waals surface area contributed by atoms with Crippen molar-refractivity contribution in [1.29, 1.82) is 0 Å². The summed E-state index contributed by atoms with van der Waals surface area (Å²) in [6.45, 7) is 0. The Morgan fingerprint density at radius 2 is 1.55 bits per heavy atom. The van der Waals surface area contributed by atoms with Crippen molar-refractivity contribution in [2.45, 2.75) is 0 Å². The average Bonchev–Trinajstić information content (AvgIpc) is 2.76. The first-order valence-corrected chi connectivity index (χ1v) is 6.80. The third-order valence-corrected chi connectivity index (χ3v) is 4.24. The number of thiophene rings is 1. The lowest BCUT2D eigenvalue weighted by Gasteiger charge is -2.06. The van der Waals surface area contributed by atoms with Crippen molar-refractivity contribution >= 4 is 27.4 Å². The van der Waals surface area contributed by atoms with Crippen LogP contribution in [0, 0.1) is 23.3 Å². The van der Waals surface area contributed by atoms with Gasteiger partial charge in [-0.25, -0.2) is 22.4 Å². The number of carboxylic acids is 1. The predicted molar refractivity (Wildman–Crippen MR) is 74.1 cm³/mol. The van der Waals surface area contributed by atoms with Gasteiger partial charge in [0.2, 0.25) is 0 Å². The zero-order chi connectivity index (χ0) is 16.0. The van der Waals surface area contributed by atoms with E-state index < -0.39 is 34.8 Å². The predicted octanol–water partition coefficient (Wildman–Crippen LogP) is 4.82. The Morgan fingerprint density at radius 3 is 2.14 bits per heavy atom. The maximum absolute atomic E-state index is 14.0. The highest BCUT2D eigenvalue weighted by atomic mass is 32.1. The molecule has 0 saturated carbocycles. The molecule has 0 saturated heterocycles. The highest BCUT2D eigenvalue weighted by molar-refractivity contribution is 7.21. The monoisotopic (exact) mass is 326 g/mol. The summed E-state index contributed by atoms with van der Waals surface area (Å²) in [5, 5.41) is 9.42. The summed E-state index contributed by atoms with van der Waals surface area (Å²) in [7, 11) is 0. The summed E-state index contributed by atoms with van der Waals surface area (Å²) in [6, 6.07) is 4.32. The van der Waals surface area contributed by atoms with Gasteiger partial charge < -0.3 is 5.11 Å². The van der Waals surface area contributed by atoms with Gasteiger partial charge in [-0.1, -0.05) is 0 Å². The van der Waals surface area contributed by atoms with Crippen molar-refractivity contribution in [3.8, 4) is 11.1 Å². The zero-order valence-corrected chi connectivity index (χ0v) is 11.5. The van der Waals surface area contributed by atoms with E-state index in [1.54, 1.807) is 0 Å². The maximum Gasteiger partial charge on any atom is 0.346 e. The third-order valence-electron chi connectivity index (χ3n) is 3.10. The summed E-state index contributed by atoms with van der Waals surface area (Å²) in [5.74, 6) is -5.55. The van der Waals surface area contributed by atoms with Crippen LogP contribution in [0.2, 0.25) is 0 Å². The van der Waals surface area contributed by atoms with E-state index in [9.17, 15) is 27.5 Å². The van der Waals surface area contributed by atoms with Crippen molar-refractivity contribution in [2.24, 2.45) is 0 Å². The van der Waals surface area contributed by atoms with E-state index in [4.69, 9.17) is 0 Å². The molecule has 0 aliphatic rings. The van der Waals surface area contributed by atoms with Gasteiger partial charge in [0, 0.05) is 27.8 Å². The molecule has 1 aromatic heterocycles. The first-order valence-electron chi connectivity index (χ1n) is 5.98. The highest BCUT2D eigenvalue weighted by Crippen LogP contribution is 2.41. The second kappa shape index (κ2) is 5.10. The molecule has 3 aromatic rings. The summed E-state index contributed by atoms with van der Waals surface area (Å²) < 4.78 is 54.5. The van der Waals surface area contributed by atoms with Crippen LogP contribution in [0.4, 0.5) is 17.6 Å². The molecule has 1 N–H and O–H groups in total. The van der Waals surface area contributed by atoms with E-state index in [0.717, 1.165) is 12.1 Å². The minimum atomic E-state index is -1.40. The summed E-state index contributed by atoms with van der Waals surface area (Å²) in [4.78, 5) is 11.0. The van der Waals surface area contributed by atoms with Crippen LogP contribution in [0.15, 0.2) is 30.3 Å². The van der Waals surface area contributed by atoms with Crippen LogP contribution in [0.1, 0.15) is 9.67 Å². The molecule has 0 fully saturated rings. The number of hydrogen-bond acceptors (Lipinski definition) is 2. The van der Waals surface area contributed by atoms with Gasteiger partial charge in [-0.2, -0.15) is 0 Å². The molecule has 22 heavy (non-hydrogen) atoms. The second-order valence-corrected chi connectivity index (χ2v) is 5.55. The molecule has 0 atom stereocenters. The van der Waals surface area contributed by atoms with E-state index in [-0.39, 0.29) is 20.5 Å². The summed E-state index contributed by atoms with van der Waals surface area (Å²) in [5.41, 5.74) is -0.862. The van der Waals surface area contributed by atoms with E-state index in [2.05, 4.69) is 0 Å². The topological polar surface area (TPSA) is 37.3 Å². The number of fused-ring (bicyclic) bond motifs is 1. The van der Waals surface area contributed by atoms with Crippen LogP contribution in [0.25, 0.3) is 21.2 Å². The third kappa shape index (κ3) is 2.23. The number of hydrogen-bond donors (Lipinski definition) is 1. The smallest absolute Gasteiger partial charge is 0.346 e. The normalized spacial score (nSPS) is 11.1. The van der Waals surface area contributed by atoms with Crippen molar-refractivity contribution in [1.82, 2.24) is 0 Å². The molecule has 112 valence electrons. The molecule has 2 nitrogen and oxygen atoms in total. The zero-order valence-electron chi connectivity index (χ0n) is 10.7. The fraction of sp³-hybridized carbons (Fsp3) is 0. The van der Waals surface area contributed by atoms with Gasteiger partial charge in [0.05, 0.1) is 5.56 Å². The van der Waals surface area contributed by atoms with Crippen LogP contribution >= 0.6 is 11.3 Å². The average molecular weight is 326 g/mol. The number of carbonyl (C=O) groups is 1. The van der Waals surface area contributed by atoms with Crippen molar-refractivity contribution in [3.05, 3.63) is 58.5 Å². The van der Waals surface area contributed by atoms with Crippen molar-refractivity contribution < 1.29 is 27.5 Å². The number of rotatable bonds is 2. The van der Waals surface area contributed by atoms with Gasteiger partial charge in [0.15, 0.2) is 0 Å². The minimum absolute atomic E-state index is 0.188. The van der Waals surface area contributed by atoms with E-state index in [1.165, 1.54) is 6.07 Å². The fourth-order valence-corrected chi connectivity index (χ4v) is 3.32. The Hall–Kier alpha value is -2.41. The van der Waals surface area contributed by atoms with Gasteiger partial charge in [0.1, 0.15) is 28.1 Å². The van der Waals surface area contributed by atoms with Crippen LogP contribution in [-0.2, 0) is 0 Å². The molecule has 0 bridgehead atoms. The van der Waals surface area contributed by atoms with Crippen molar-refractivity contribution in [2.75, 3.05) is 0 Å². The molecular formula is C15H6F4O2S. The SMILES string of the molecule is O=C(O)c1sc2cc(F)ccc2c1-c1c(F)cc(F)cc1F. The van der Waals surface area contributed by atoms with E-state index in [0.29, 0.717) is 23.5 Å². The molecule has 0 amide bonds. The standard InChI is InChI=1S/C15H6F4O2S/c16-6-1-2-8-11(5-6)22-14(15(20)21)12(8)13-9(18)3-7(17)4-10(13)19/h1-5H,(H,20,21). The van der Waals surface area contributed by atoms with Gasteiger partial charge in [0.25, 0.3) is 0 Å². The Bertz CT molecular complexity index is 894. The molecule has 0 spiro atoms. The van der Waals surface area contributed by atoms with Crippen molar-refractivity contribution in [3.63, 3.8) is 0 Å². The van der Waals surface area contributed by atoms with Crippen LogP contribution in [0.5, 0.6) is 0 Å². The van der Waals surface area contributed by atoms with Crippen LogP contribution in [0.3, 0.4) is 0 Å². The number of halogens is 4. The number of aromatic carboxylic acids is 1. The molecule has 0 aliphatic carbocycles. The molecule has 0 unspecified atom stereocenters. The lowest BCUT2D eigenvalue weighted by molar-refractivity contribution is 0.0703. The lowest BCUT2D eigenvalue weighted by Crippen LogP contribution is -1.99. The lowest BCUT2D eigenvalue weighted by atomic mass is 10.0. The summed E-state index contributed by atoms with van der Waals surface area (Å²) in [6.07, 6.45) is 0. The molecule has 1 heterocycles. The van der Waals surface area contributed by atoms with E-state index >= 15 is 0 Å². The molecule has 0 aliphatic heterocycles. The molecule has 7 heteroatoms. The fourth-order valence-electron chi connectivity index (χ4n) is 2.25. The quantitative estimate of drug-likeness (QED) is 0.685. The van der Waals surface area contributed by atoms with Crippen LogP contribution in [-0.4, -0.2) is 11.1 Å². The van der Waals surface area contributed by atoms with Gasteiger partial charge in [-0.15, -0.1) is 11.3 Å². The Labute approximate surface area is 125 Å². The Kier molecular flexibility index (Phi) is 3.37. The largest absolute Gasteiger partial charge is 0.477 e. The van der Waals surface area contributed by atoms with Gasteiger partial charge in [-0.05, 0) is 18.2 Å². The minimum Gasteiger partial charge on any atom is -0.477 e. The number of benzene rings is 2. The van der Waals surface area contributed by atoms with Crippen LogP contribution < -0.4 is 0 Å². The Balaban J connectivity index is 2.44. The molecule has 0 radical (unpaired) electrons. The number of carboxylic acid groups (broad SMARTS) is 1. The molecule has 3 rings (SSSR count). The first kappa shape index (κ1) is 14.5.